The molecule has 2 N–H and O–H groups in total. The van der Waals surface area contributed by atoms with Crippen LogP contribution in [0, 0.1) is 0 Å². The van der Waals surface area contributed by atoms with Crippen LogP contribution in [0.25, 0.3) is 0 Å². The summed E-state index contributed by atoms with van der Waals surface area (Å²) >= 11 is 0. The minimum absolute atomic E-state index is 0.331. The molecular weight excluding hydrogens is 212 g/mol. The van der Waals surface area contributed by atoms with Crippen molar-refractivity contribution >= 4 is 17.8 Å². The Morgan fingerprint density at radius 2 is 1.75 bits per heavy atom. The highest BCUT2D eigenvalue weighted by Crippen LogP contribution is 2.13. The normalized spacial score (nSPS) is 12.8. The van der Waals surface area contributed by atoms with E-state index in [1.807, 2.05) is 0 Å². The van der Waals surface area contributed by atoms with Gasteiger partial charge >= 0.3 is 5.97 Å². The Kier molecular flexibility index (Phi) is 4.47. The third-order valence-electron chi connectivity index (χ3n) is 2.48. The molecule has 0 aromatic heterocycles. The lowest BCUT2D eigenvalue weighted by Crippen LogP contribution is -2.56. The van der Waals surface area contributed by atoms with Crippen molar-refractivity contribution in [1.82, 2.24) is 10.2 Å². The summed E-state index contributed by atoms with van der Waals surface area (Å²) in [7, 11) is 1.40. The number of hydrogen-bond acceptors (Lipinski definition) is 3. The van der Waals surface area contributed by atoms with Crippen LogP contribution in [0.4, 0.5) is 0 Å². The van der Waals surface area contributed by atoms with Crippen molar-refractivity contribution in [3.8, 4) is 0 Å². The van der Waals surface area contributed by atoms with E-state index in [1.165, 1.54) is 34.7 Å². The molecule has 0 saturated heterocycles. The monoisotopic (exact) mass is 230 g/mol. The Hall–Kier alpha value is -1.59. The summed E-state index contributed by atoms with van der Waals surface area (Å²) in [6, 6.07) is -0.735. The molecule has 0 aliphatic heterocycles. The van der Waals surface area contributed by atoms with Gasteiger partial charge < -0.3 is 15.3 Å². The topological polar surface area (TPSA) is 86.7 Å². The Bertz CT molecular complexity index is 312. The highest BCUT2D eigenvalue weighted by atomic mass is 16.4. The lowest BCUT2D eigenvalue weighted by atomic mass is 10.0. The number of nitrogens with one attached hydrogen (secondary N) is 1. The molecule has 0 heterocycles. The second-order valence-corrected chi connectivity index (χ2v) is 4.18. The fourth-order valence-electron chi connectivity index (χ4n) is 1.08. The van der Waals surface area contributed by atoms with E-state index in [2.05, 4.69) is 5.32 Å². The van der Waals surface area contributed by atoms with E-state index in [0.29, 0.717) is 0 Å². The standard InChI is InChI=1S/C10H18N2O4/c1-6(11-7(2)13)8(14)12(5)10(3,4)9(15)16/h6H,1-5H3,(H,11,13)(H,15,16). The van der Waals surface area contributed by atoms with Gasteiger partial charge in [0.2, 0.25) is 11.8 Å². The first-order chi connectivity index (χ1) is 7.10. The van der Waals surface area contributed by atoms with Crippen LogP contribution in [0.5, 0.6) is 0 Å². The highest BCUT2D eigenvalue weighted by Gasteiger charge is 2.36. The van der Waals surface area contributed by atoms with E-state index in [-0.39, 0.29) is 5.91 Å². The maximum atomic E-state index is 11.8. The number of nitrogens with zero attached hydrogens (tertiary/aromatic N) is 1. The predicted molar refractivity (Wildman–Crippen MR) is 57.8 cm³/mol. The molecule has 1 atom stereocenters. The van der Waals surface area contributed by atoms with Crippen molar-refractivity contribution in [2.75, 3.05) is 7.05 Å². The van der Waals surface area contributed by atoms with E-state index < -0.39 is 23.5 Å². The van der Waals surface area contributed by atoms with Gasteiger partial charge in [0.1, 0.15) is 11.6 Å². The maximum Gasteiger partial charge on any atom is 0.329 e. The van der Waals surface area contributed by atoms with Gasteiger partial charge in [-0.3, -0.25) is 9.59 Å². The number of carboxylic acid groups (broad SMARTS) is 1. The molecule has 0 aromatic carbocycles. The molecule has 0 fully saturated rings. The third kappa shape index (κ3) is 3.22. The Balaban J connectivity index is 4.74. The molecule has 1 unspecified atom stereocenters. The van der Waals surface area contributed by atoms with Crippen molar-refractivity contribution in [3.05, 3.63) is 0 Å². The number of carbonyl (C=O) groups is 3. The molecule has 0 aliphatic rings. The van der Waals surface area contributed by atoms with Crippen LogP contribution >= 0.6 is 0 Å². The van der Waals surface area contributed by atoms with Gasteiger partial charge in [0.05, 0.1) is 0 Å². The zero-order chi connectivity index (χ0) is 13.1. The molecule has 0 saturated carbocycles. The Morgan fingerprint density at radius 3 is 2.06 bits per heavy atom. The number of hydrogen-bond donors (Lipinski definition) is 2. The molecule has 0 aliphatic carbocycles. The summed E-state index contributed by atoms with van der Waals surface area (Å²) in [5.41, 5.74) is -1.30. The van der Waals surface area contributed by atoms with Crippen LogP contribution in [-0.2, 0) is 14.4 Å². The van der Waals surface area contributed by atoms with Crippen LogP contribution in [0.15, 0.2) is 0 Å². The summed E-state index contributed by atoms with van der Waals surface area (Å²) in [6.07, 6.45) is 0. The van der Waals surface area contributed by atoms with Gasteiger partial charge in [-0.2, -0.15) is 0 Å². The third-order valence-corrected chi connectivity index (χ3v) is 2.48. The molecule has 6 heteroatoms. The van der Waals surface area contributed by atoms with Gasteiger partial charge in [-0.1, -0.05) is 0 Å². The zero-order valence-corrected chi connectivity index (χ0v) is 10.2. The molecule has 16 heavy (non-hydrogen) atoms. The molecule has 0 spiro atoms. The minimum atomic E-state index is -1.30. The molecule has 2 amide bonds. The van der Waals surface area contributed by atoms with Crippen molar-refractivity contribution in [2.24, 2.45) is 0 Å². The fraction of sp³-hybridized carbons (Fsp3) is 0.700. The quantitative estimate of drug-likeness (QED) is 0.702. The van der Waals surface area contributed by atoms with Gasteiger partial charge in [0.25, 0.3) is 0 Å². The number of likely N-dealkylation sites (N-methyl/N-ethyl adjacent to an activating group) is 1. The fourth-order valence-corrected chi connectivity index (χ4v) is 1.08. The van der Waals surface area contributed by atoms with Crippen molar-refractivity contribution in [2.45, 2.75) is 39.3 Å². The van der Waals surface area contributed by atoms with E-state index in [9.17, 15) is 14.4 Å². The van der Waals surface area contributed by atoms with Crippen LogP contribution in [-0.4, -0.2) is 46.4 Å². The summed E-state index contributed by atoms with van der Waals surface area (Å²) in [4.78, 5) is 34.6. The average molecular weight is 230 g/mol. The Labute approximate surface area is 94.6 Å². The number of aliphatic carboxylic acids is 1. The number of rotatable bonds is 4. The summed E-state index contributed by atoms with van der Waals surface area (Å²) in [6.45, 7) is 5.66. The molecule has 0 rings (SSSR count). The van der Waals surface area contributed by atoms with E-state index >= 15 is 0 Å². The number of amides is 2. The summed E-state index contributed by atoms with van der Waals surface area (Å²) in [5, 5.41) is 11.4. The van der Waals surface area contributed by atoms with Crippen molar-refractivity contribution in [3.63, 3.8) is 0 Å². The van der Waals surface area contributed by atoms with Crippen LogP contribution in [0.3, 0.4) is 0 Å². The average Bonchev–Trinajstić information content (AvgIpc) is 2.13. The molecule has 6 nitrogen and oxygen atoms in total. The Morgan fingerprint density at radius 1 is 1.31 bits per heavy atom. The van der Waals surface area contributed by atoms with E-state index in [0.717, 1.165) is 4.90 Å². The molecule has 92 valence electrons. The minimum Gasteiger partial charge on any atom is -0.480 e. The zero-order valence-electron chi connectivity index (χ0n) is 10.2. The number of carboxylic acids is 1. The number of carbonyl (C=O) groups excluding carboxylic acids is 2. The van der Waals surface area contributed by atoms with E-state index in [4.69, 9.17) is 5.11 Å². The van der Waals surface area contributed by atoms with Gasteiger partial charge in [-0.15, -0.1) is 0 Å². The molecule has 0 radical (unpaired) electrons. The van der Waals surface area contributed by atoms with Crippen LogP contribution < -0.4 is 5.32 Å². The first-order valence-corrected chi connectivity index (χ1v) is 4.89. The maximum absolute atomic E-state index is 11.8. The second-order valence-electron chi connectivity index (χ2n) is 4.18. The van der Waals surface area contributed by atoms with Gasteiger partial charge in [0.15, 0.2) is 0 Å². The van der Waals surface area contributed by atoms with Crippen LogP contribution in [0.1, 0.15) is 27.7 Å². The SMILES string of the molecule is CC(=O)NC(C)C(=O)N(C)C(C)(C)C(=O)O. The van der Waals surface area contributed by atoms with Gasteiger partial charge in [-0.25, -0.2) is 4.79 Å². The molecule has 0 aromatic rings. The first kappa shape index (κ1) is 14.4. The predicted octanol–water partition coefficient (Wildman–Crippen LogP) is -0.167. The highest BCUT2D eigenvalue weighted by molar-refractivity contribution is 5.90. The molecular formula is C10H18N2O4. The van der Waals surface area contributed by atoms with Crippen molar-refractivity contribution < 1.29 is 19.5 Å². The van der Waals surface area contributed by atoms with E-state index in [1.54, 1.807) is 0 Å². The summed E-state index contributed by atoms with van der Waals surface area (Å²) < 4.78 is 0. The lowest BCUT2D eigenvalue weighted by molar-refractivity contribution is -0.156. The smallest absolute Gasteiger partial charge is 0.329 e. The first-order valence-electron chi connectivity index (χ1n) is 4.89. The lowest BCUT2D eigenvalue weighted by Gasteiger charge is -2.33. The summed E-state index contributed by atoms with van der Waals surface area (Å²) in [5.74, 6) is -1.87. The largest absolute Gasteiger partial charge is 0.480 e. The van der Waals surface area contributed by atoms with Crippen LogP contribution in [0.2, 0.25) is 0 Å². The van der Waals surface area contributed by atoms with Gasteiger partial charge in [-0.05, 0) is 20.8 Å². The second kappa shape index (κ2) is 4.96. The van der Waals surface area contributed by atoms with Gasteiger partial charge in [0, 0.05) is 14.0 Å². The molecule has 0 bridgehead atoms. The van der Waals surface area contributed by atoms with Crippen molar-refractivity contribution in [1.29, 1.82) is 0 Å².